The molecule has 0 bridgehead atoms. The first-order chi connectivity index (χ1) is 25.0. The van der Waals surface area contributed by atoms with Crippen LogP contribution in [0.5, 0.6) is 11.5 Å². The minimum absolute atomic E-state index is 0.0412. The summed E-state index contributed by atoms with van der Waals surface area (Å²) in [4.78, 5) is 17.4. The van der Waals surface area contributed by atoms with Crippen LogP contribution in [0, 0.1) is 5.92 Å². The average Bonchev–Trinajstić information content (AvgIpc) is 3.63. The van der Waals surface area contributed by atoms with E-state index in [9.17, 15) is 40.5 Å². The minimum Gasteiger partial charge on any atom is -0.508 e. The number of fused-ring (bicyclic) bond motifs is 5. The minimum atomic E-state index is -2.61. The van der Waals surface area contributed by atoms with Gasteiger partial charge in [0.1, 0.15) is 24.1 Å². The van der Waals surface area contributed by atoms with Crippen molar-refractivity contribution in [3.63, 3.8) is 0 Å². The van der Waals surface area contributed by atoms with Crippen molar-refractivity contribution >= 4 is 38.4 Å². The van der Waals surface area contributed by atoms with E-state index in [2.05, 4.69) is 4.98 Å². The zero-order valence-electron chi connectivity index (χ0n) is 28.4. The lowest BCUT2D eigenvalue weighted by Crippen LogP contribution is -2.64. The van der Waals surface area contributed by atoms with E-state index in [4.69, 9.17) is 14.2 Å². The van der Waals surface area contributed by atoms with E-state index in [1.165, 1.54) is 0 Å². The largest absolute Gasteiger partial charge is 0.508 e. The van der Waals surface area contributed by atoms with Crippen molar-refractivity contribution in [2.45, 2.75) is 93.0 Å². The number of aliphatic hydroxyl groups excluding tert-OH is 3. The monoisotopic (exact) mass is 713 g/mol. The van der Waals surface area contributed by atoms with Crippen molar-refractivity contribution in [2.75, 3.05) is 6.61 Å². The number of hydrogen-bond acceptors (Lipinski definition) is 11. The van der Waals surface area contributed by atoms with Gasteiger partial charge >= 0.3 is 5.97 Å². The molecular weight excluding hydrogens is 670 g/mol. The number of H-pyrrole nitrogens is 1. The molecule has 6 atom stereocenters. The summed E-state index contributed by atoms with van der Waals surface area (Å²) in [5, 5.41) is 80.3. The number of phenolic OH excluding ortho intramolecular Hbond substituents is 1. The fraction of sp³-hybridized carbons (Fsp3) is 0.425. The van der Waals surface area contributed by atoms with Gasteiger partial charge in [-0.3, -0.25) is 0 Å². The normalized spacial score (nSPS) is 28.0. The second-order valence-corrected chi connectivity index (χ2v) is 14.7. The lowest BCUT2D eigenvalue weighted by atomic mass is 9.59. The van der Waals surface area contributed by atoms with E-state index >= 15 is 0 Å². The van der Waals surface area contributed by atoms with Gasteiger partial charge < -0.3 is 54.9 Å². The highest BCUT2D eigenvalue weighted by Gasteiger charge is 2.70. The fourth-order valence-electron chi connectivity index (χ4n) is 9.34. The van der Waals surface area contributed by atoms with Gasteiger partial charge in [0.2, 0.25) is 5.79 Å². The Morgan fingerprint density at radius 3 is 2.29 bits per heavy atom. The molecule has 1 saturated carbocycles. The summed E-state index contributed by atoms with van der Waals surface area (Å²) in [7, 11) is 0. The van der Waals surface area contributed by atoms with Crippen molar-refractivity contribution in [3.05, 3.63) is 84.1 Å². The fourth-order valence-corrected chi connectivity index (χ4v) is 9.34. The summed E-state index contributed by atoms with van der Waals surface area (Å²) in [6.07, 6.45) is -2.51. The van der Waals surface area contributed by atoms with E-state index < -0.39 is 66.5 Å². The van der Waals surface area contributed by atoms with Gasteiger partial charge in [-0.15, -0.1) is 0 Å². The number of phenols is 1. The van der Waals surface area contributed by atoms with Crippen molar-refractivity contribution in [1.82, 2.24) is 4.98 Å². The predicted molar refractivity (Wildman–Crippen MR) is 189 cm³/mol. The Morgan fingerprint density at radius 1 is 0.904 bits per heavy atom. The number of aromatic amines is 1. The summed E-state index contributed by atoms with van der Waals surface area (Å²) < 4.78 is 18.3. The second kappa shape index (κ2) is 13.1. The number of aliphatic hydroxyl groups is 6. The molecule has 4 aromatic carbocycles. The second-order valence-electron chi connectivity index (χ2n) is 14.7. The molecule has 8 rings (SSSR count). The number of aromatic nitrogens is 1. The summed E-state index contributed by atoms with van der Waals surface area (Å²) in [6, 6.07) is 22.2. The van der Waals surface area contributed by atoms with E-state index in [-0.39, 0.29) is 30.0 Å². The zero-order chi connectivity index (χ0) is 36.4. The molecule has 0 spiro atoms. The van der Waals surface area contributed by atoms with Crippen molar-refractivity contribution in [3.8, 4) is 11.5 Å². The van der Waals surface area contributed by atoms with Crippen LogP contribution in [0.1, 0.15) is 56.2 Å². The Kier molecular flexibility index (Phi) is 8.79. The van der Waals surface area contributed by atoms with Crippen molar-refractivity contribution in [2.24, 2.45) is 5.92 Å². The highest BCUT2D eigenvalue weighted by molar-refractivity contribution is 6.14. The number of carbonyl (C=O) groups is 1. The molecule has 2 saturated heterocycles. The lowest BCUT2D eigenvalue weighted by Gasteiger charge is -2.51. The standard InChI is InChI=1S/C40H43NO11/c42-20-29-33(31-27-19-23-7-3-2-6-22(23)18-24(27)8-13-28(31)41-29)51-37(47)34-35-39(48,40(49,21-43)52-34)17-14-30(50-35)32(36(45)46)38(15-4-1-5-16-38)25-9-11-26(44)12-10-25/h2-3,6-13,18-19,30,32,34-36,41-46,48-49H,1,4-5,14-17,20-21H2. The predicted octanol–water partition coefficient (Wildman–Crippen LogP) is 3.77. The number of carbonyl (C=O) groups excluding carboxylic acids is 1. The Balaban J connectivity index is 1.17. The summed E-state index contributed by atoms with van der Waals surface area (Å²) in [5.41, 5.74) is -1.43. The van der Waals surface area contributed by atoms with Crippen LogP contribution in [0.25, 0.3) is 32.4 Å². The molecule has 1 aliphatic carbocycles. The maximum Gasteiger partial charge on any atom is 0.343 e. The maximum absolute atomic E-state index is 14.3. The van der Waals surface area contributed by atoms with Gasteiger partial charge in [0.05, 0.1) is 29.3 Å². The Hall–Kier alpha value is -4.11. The molecule has 274 valence electrons. The molecular formula is C40H43NO11. The first-order valence-corrected chi connectivity index (χ1v) is 17.8. The van der Waals surface area contributed by atoms with Crippen LogP contribution in [0.2, 0.25) is 0 Å². The Bertz CT molecular complexity index is 2120. The number of hydrogen-bond donors (Lipinski definition) is 8. The van der Waals surface area contributed by atoms with Crippen LogP contribution in [-0.4, -0.2) is 89.3 Å². The molecule has 6 unspecified atom stereocenters. The van der Waals surface area contributed by atoms with Crippen LogP contribution in [0.4, 0.5) is 0 Å². The lowest BCUT2D eigenvalue weighted by molar-refractivity contribution is -0.299. The number of aromatic hydroxyl groups is 1. The highest BCUT2D eigenvalue weighted by atomic mass is 16.7. The van der Waals surface area contributed by atoms with E-state index in [1.54, 1.807) is 24.3 Å². The van der Waals surface area contributed by atoms with Crippen LogP contribution in [0.3, 0.4) is 0 Å². The average molecular weight is 714 g/mol. The molecule has 3 aliphatic rings. The molecule has 12 nitrogen and oxygen atoms in total. The first kappa shape index (κ1) is 34.9. The highest BCUT2D eigenvalue weighted by Crippen LogP contribution is 2.54. The Morgan fingerprint density at radius 2 is 1.62 bits per heavy atom. The van der Waals surface area contributed by atoms with Gasteiger partial charge in [-0.1, -0.05) is 61.7 Å². The molecule has 1 aromatic heterocycles. The Labute approximate surface area is 298 Å². The van der Waals surface area contributed by atoms with Crippen molar-refractivity contribution < 1.29 is 54.8 Å². The van der Waals surface area contributed by atoms with Crippen LogP contribution >= 0.6 is 0 Å². The van der Waals surface area contributed by atoms with Gasteiger partial charge in [-0.25, -0.2) is 4.79 Å². The van der Waals surface area contributed by atoms with Gasteiger partial charge in [0.25, 0.3) is 0 Å². The van der Waals surface area contributed by atoms with E-state index in [1.807, 2.05) is 48.5 Å². The number of ether oxygens (including phenoxy) is 3. The van der Waals surface area contributed by atoms with E-state index in [0.717, 1.165) is 46.4 Å². The van der Waals surface area contributed by atoms with Crippen molar-refractivity contribution in [1.29, 1.82) is 0 Å². The van der Waals surface area contributed by atoms with Gasteiger partial charge in [-0.2, -0.15) is 0 Å². The topological polar surface area (TPSA) is 202 Å². The summed E-state index contributed by atoms with van der Waals surface area (Å²) in [5.74, 6) is -4.47. The van der Waals surface area contributed by atoms with Crippen LogP contribution in [0.15, 0.2) is 72.8 Å². The van der Waals surface area contributed by atoms with Gasteiger partial charge in [0, 0.05) is 11.3 Å². The molecule has 2 aliphatic heterocycles. The zero-order valence-corrected chi connectivity index (χ0v) is 28.4. The molecule has 8 N–H and O–H groups in total. The molecule has 0 amide bonds. The molecule has 0 radical (unpaired) electrons. The van der Waals surface area contributed by atoms with Gasteiger partial charge in [0.15, 0.2) is 18.1 Å². The molecule has 3 heterocycles. The summed E-state index contributed by atoms with van der Waals surface area (Å²) in [6.45, 7) is -1.56. The number of rotatable bonds is 8. The first-order valence-electron chi connectivity index (χ1n) is 17.8. The SMILES string of the molecule is O=C(Oc1c(CO)[nH]c2ccc3cc4ccccc4cc3c12)C1OC(O)(CO)C2(O)CCC(C(C(O)O)C3(c4ccc(O)cc4)CCCCC3)OC12. The molecule has 12 heteroatoms. The quantitative estimate of drug-likeness (QED) is 0.0661. The molecule has 3 fully saturated rings. The van der Waals surface area contributed by atoms with Gasteiger partial charge in [-0.05, 0) is 83.1 Å². The third-order valence-corrected chi connectivity index (χ3v) is 11.9. The maximum atomic E-state index is 14.3. The molecule has 5 aromatic rings. The van der Waals surface area contributed by atoms with Crippen LogP contribution < -0.4 is 4.74 Å². The third-order valence-electron chi connectivity index (χ3n) is 11.9. The van der Waals surface area contributed by atoms with Crippen LogP contribution in [-0.2, 0) is 26.3 Å². The smallest absolute Gasteiger partial charge is 0.343 e. The number of esters is 1. The number of benzene rings is 4. The molecule has 52 heavy (non-hydrogen) atoms. The third kappa shape index (κ3) is 5.40. The number of nitrogens with one attached hydrogen (secondary N) is 1. The summed E-state index contributed by atoms with van der Waals surface area (Å²) >= 11 is 0. The van der Waals surface area contributed by atoms with E-state index in [0.29, 0.717) is 23.7 Å².